The predicted octanol–water partition coefficient (Wildman–Crippen LogP) is -5.12. The number of rotatable bonds is 42. The van der Waals surface area contributed by atoms with E-state index in [0.717, 1.165) is 6.92 Å². The third kappa shape index (κ3) is 28.5. The highest BCUT2D eigenvalue weighted by Crippen LogP contribution is 2.20. The summed E-state index contributed by atoms with van der Waals surface area (Å²) < 4.78 is 0. The van der Waals surface area contributed by atoms with Gasteiger partial charge < -0.3 is 96.1 Å². The lowest BCUT2D eigenvalue weighted by molar-refractivity contribution is -0.142. The molecule has 0 saturated carbocycles. The van der Waals surface area contributed by atoms with Crippen LogP contribution in [0.2, 0.25) is 0 Å². The summed E-state index contributed by atoms with van der Waals surface area (Å²) in [5, 5.41) is 62.3. The van der Waals surface area contributed by atoms with Crippen LogP contribution in [-0.4, -0.2) is 225 Å². The quantitative estimate of drug-likeness (QED) is 0.0118. The topological polar surface area (TPSA) is 514 Å². The molecule has 490 valence electrons. The number of hydrogen-bond donors (Lipinski definition) is 19. The maximum absolute atomic E-state index is 14.1. The van der Waals surface area contributed by atoms with Crippen molar-refractivity contribution in [1.82, 2.24) is 52.8 Å². The van der Waals surface area contributed by atoms with Gasteiger partial charge in [0.25, 0.3) is 0 Å². The number of amides is 10. The van der Waals surface area contributed by atoms with Crippen LogP contribution in [0.15, 0.2) is 4.99 Å². The Bertz CT molecular complexity index is 2300. The fraction of sp³-hybridized carbons (Fsp3) is 0.750. The van der Waals surface area contributed by atoms with Crippen molar-refractivity contribution in [2.24, 2.45) is 39.8 Å². The van der Waals surface area contributed by atoms with Crippen molar-refractivity contribution in [2.75, 3.05) is 49.8 Å². The van der Waals surface area contributed by atoms with E-state index in [0.29, 0.717) is 25.0 Å². The molecule has 0 aliphatic carbocycles. The Morgan fingerprint density at radius 2 is 1.09 bits per heavy atom. The molecule has 0 aromatic heterocycles. The molecule has 1 aliphatic heterocycles. The second-order valence-corrected chi connectivity index (χ2v) is 23.3. The van der Waals surface area contributed by atoms with E-state index in [2.05, 4.69) is 78.1 Å². The molecule has 31 nitrogen and oxygen atoms in total. The fourth-order valence-corrected chi connectivity index (χ4v) is 9.73. The highest BCUT2D eigenvalue weighted by Gasteiger charge is 2.41. The number of thiol groups is 2. The lowest BCUT2D eigenvalue weighted by Gasteiger charge is -2.31. The maximum Gasteiger partial charge on any atom is 0.326 e. The molecule has 12 atom stereocenters. The molecule has 0 aromatic carbocycles. The van der Waals surface area contributed by atoms with Crippen LogP contribution in [0.3, 0.4) is 0 Å². The molecule has 0 bridgehead atoms. The smallest absolute Gasteiger partial charge is 0.326 e. The first kappa shape index (κ1) is 77.8. The molecule has 1 aliphatic rings. The summed E-state index contributed by atoms with van der Waals surface area (Å²) in [5.74, 6) is -12.4. The van der Waals surface area contributed by atoms with Crippen LogP contribution in [0.25, 0.3) is 0 Å². The lowest BCUT2D eigenvalue weighted by Crippen LogP contribution is -2.62. The molecule has 10 amide bonds. The fourth-order valence-electron chi connectivity index (χ4n) is 8.75. The minimum Gasteiger partial charge on any atom is -0.481 e. The third-order valence-corrected chi connectivity index (χ3v) is 14.8. The summed E-state index contributed by atoms with van der Waals surface area (Å²) >= 11 is 9.76. The highest BCUT2D eigenvalue weighted by atomic mass is 32.2. The highest BCUT2D eigenvalue weighted by molar-refractivity contribution is 7.98. The van der Waals surface area contributed by atoms with Gasteiger partial charge in [-0.15, -0.1) is 0 Å². The van der Waals surface area contributed by atoms with Crippen molar-refractivity contribution in [3.63, 3.8) is 0 Å². The molecule has 21 N–H and O–H groups in total. The Morgan fingerprint density at radius 3 is 1.60 bits per heavy atom. The lowest BCUT2D eigenvalue weighted by atomic mass is 10.0. The zero-order valence-electron chi connectivity index (χ0n) is 49.7. The van der Waals surface area contributed by atoms with Gasteiger partial charge >= 0.3 is 11.9 Å². The average Bonchev–Trinajstić information content (AvgIpc) is 2.38. The van der Waals surface area contributed by atoms with Crippen LogP contribution in [0.5, 0.6) is 0 Å². The van der Waals surface area contributed by atoms with Gasteiger partial charge in [0.05, 0.1) is 18.8 Å². The Labute approximate surface area is 516 Å². The van der Waals surface area contributed by atoms with Gasteiger partial charge in [-0.3, -0.25) is 57.7 Å². The van der Waals surface area contributed by atoms with Crippen molar-refractivity contribution in [3.05, 3.63) is 0 Å². The van der Waals surface area contributed by atoms with Crippen LogP contribution in [0, 0.1) is 11.8 Å². The first-order chi connectivity index (χ1) is 40.5. The van der Waals surface area contributed by atoms with Gasteiger partial charge in [0, 0.05) is 31.0 Å². The van der Waals surface area contributed by atoms with Gasteiger partial charge in [-0.1, -0.05) is 27.7 Å². The van der Waals surface area contributed by atoms with Gasteiger partial charge in [0.1, 0.15) is 60.4 Å². The number of guanidine groups is 1. The van der Waals surface area contributed by atoms with Crippen molar-refractivity contribution in [3.8, 4) is 0 Å². The van der Waals surface area contributed by atoms with E-state index < -0.39 is 163 Å². The van der Waals surface area contributed by atoms with Crippen LogP contribution in [0.1, 0.15) is 112 Å². The molecule has 1 heterocycles. The normalized spacial score (nSPS) is 16.9. The number of thioether (sulfide) groups is 1. The second-order valence-electron chi connectivity index (χ2n) is 21.6. The van der Waals surface area contributed by atoms with Gasteiger partial charge in [-0.25, -0.2) is 4.79 Å². The van der Waals surface area contributed by atoms with Gasteiger partial charge in [0.2, 0.25) is 59.1 Å². The number of likely N-dealkylation sites (tertiary alicyclic amines) is 1. The molecule has 0 spiro atoms. The number of nitrogens with two attached hydrogens (primary N) is 4. The van der Waals surface area contributed by atoms with Crippen LogP contribution in [0.4, 0.5) is 0 Å². The molecule has 1 fully saturated rings. The SMILES string of the molecule is CSCC[C@H](NC(=O)[C@H](CS)NC(=O)[C@H](CCC(=O)O)NC(=O)[C@H](CC(C)C)NC(=O)[C@H](CO)NC(=O)[C@@H](NC(=O)[C@H](CCCCN)NC(=O)[C@@H]1CCCN1C(=O)[C@H](CS)NC(=O)[C@H](CC(C)C)NC(=O)[C@@H](N)CCCN=C(N)N)[C@@H](C)O)C(=O)O. The van der Waals surface area contributed by atoms with E-state index in [1.54, 1.807) is 20.1 Å². The number of carboxylic acid groups (broad SMARTS) is 2. The summed E-state index contributed by atoms with van der Waals surface area (Å²) in [6.07, 6.45) is 0.736. The Balaban J connectivity index is 3.32. The number of carboxylic acids is 2. The standard InChI is InChI=1S/C52H93N15O16S3/c1-26(2)21-33(61-41(72)29(54)11-9-18-57-52(55)56)45(76)65-37(25-85)50(81)67-19-10-13-38(67)48(79)59-30(12-7-8-17-53)43(74)66-40(28(5)69)49(80)63-35(23-68)46(77)62-34(22-27(3)4)44(75)58-31(14-15-39(70)71)42(73)64-36(24-84)47(78)60-32(51(82)83)16-20-86-6/h26-38,40,68-69,84-85H,7-25,53-54H2,1-6H3,(H,58,75)(H,59,79)(H,60,78)(H,61,72)(H,62,77)(H,63,80)(H,64,73)(H,65,76)(H,66,74)(H,70,71)(H,82,83)(H4,55,56,57)/t28-,29+,30+,31+,32+,33+,34+,35+,36+,37+,38+,40+/m1/s1. The van der Waals surface area contributed by atoms with Crippen LogP contribution >= 0.6 is 37.0 Å². The summed E-state index contributed by atoms with van der Waals surface area (Å²) in [6, 6.07) is -15.5. The molecule has 1 rings (SSSR count). The van der Waals surface area contributed by atoms with E-state index in [1.807, 2.05) is 13.8 Å². The first-order valence-corrected chi connectivity index (χ1v) is 31.1. The van der Waals surface area contributed by atoms with Crippen molar-refractivity contribution < 1.29 is 78.0 Å². The summed E-state index contributed by atoms with van der Waals surface area (Å²) in [7, 11) is 0. The van der Waals surface area contributed by atoms with Crippen molar-refractivity contribution in [2.45, 2.75) is 184 Å². The number of aliphatic imine (C=N–C) groups is 1. The van der Waals surface area contributed by atoms with E-state index in [1.165, 1.54) is 16.7 Å². The number of nitrogens with zero attached hydrogens (tertiary/aromatic N) is 2. The summed E-state index contributed by atoms with van der Waals surface area (Å²) in [6.45, 7) is 7.57. The average molecular weight is 1280 g/mol. The number of unbranched alkanes of at least 4 members (excludes halogenated alkanes) is 1. The number of aliphatic hydroxyl groups excluding tert-OH is 2. The van der Waals surface area contributed by atoms with Gasteiger partial charge in [0.15, 0.2) is 5.96 Å². The Kier molecular flexibility index (Phi) is 37.1. The third-order valence-electron chi connectivity index (χ3n) is 13.4. The number of nitrogens with one attached hydrogen (secondary N) is 9. The van der Waals surface area contributed by atoms with Crippen molar-refractivity contribution in [1.29, 1.82) is 0 Å². The minimum absolute atomic E-state index is 0.0433. The largest absolute Gasteiger partial charge is 0.481 e. The molecule has 0 radical (unpaired) electrons. The number of carbonyl (C=O) groups excluding carboxylic acids is 10. The molecular formula is C52H93N15O16S3. The van der Waals surface area contributed by atoms with Crippen molar-refractivity contribution >= 4 is 114 Å². The molecule has 34 heteroatoms. The Morgan fingerprint density at radius 1 is 0.605 bits per heavy atom. The zero-order valence-corrected chi connectivity index (χ0v) is 52.3. The predicted molar refractivity (Wildman–Crippen MR) is 326 cm³/mol. The van der Waals surface area contributed by atoms with Crippen LogP contribution < -0.4 is 70.8 Å². The molecular weight excluding hydrogens is 1190 g/mol. The second kappa shape index (κ2) is 41.0. The molecule has 0 aromatic rings. The summed E-state index contributed by atoms with van der Waals surface area (Å²) in [5.41, 5.74) is 22.5. The van der Waals surface area contributed by atoms with E-state index in [-0.39, 0.29) is 93.9 Å². The van der Waals surface area contributed by atoms with E-state index in [4.69, 9.17) is 22.9 Å². The number of carbonyl (C=O) groups is 12. The Hall–Kier alpha value is -6.20. The molecule has 1 saturated heterocycles. The molecule has 86 heavy (non-hydrogen) atoms. The van der Waals surface area contributed by atoms with E-state index >= 15 is 0 Å². The monoisotopic (exact) mass is 1280 g/mol. The maximum atomic E-state index is 14.1. The van der Waals surface area contributed by atoms with Gasteiger partial charge in [-0.2, -0.15) is 37.0 Å². The first-order valence-electron chi connectivity index (χ1n) is 28.5. The van der Waals surface area contributed by atoms with Crippen LogP contribution in [-0.2, 0) is 57.5 Å². The summed E-state index contributed by atoms with van der Waals surface area (Å²) in [4.78, 5) is 166. The number of hydrogen-bond acceptors (Lipinski definition) is 20. The van der Waals surface area contributed by atoms with Gasteiger partial charge in [-0.05, 0) is 108 Å². The van der Waals surface area contributed by atoms with E-state index in [9.17, 15) is 78.0 Å². The number of aliphatic hydroxyl groups is 2. The molecule has 0 unspecified atom stereocenters. The number of aliphatic carboxylic acids is 2. The zero-order chi connectivity index (χ0) is 65.4. The minimum atomic E-state index is -1.84.